The van der Waals surface area contributed by atoms with Crippen LogP contribution in [-0.4, -0.2) is 23.9 Å². The molecule has 0 aliphatic heterocycles. The van der Waals surface area contributed by atoms with Gasteiger partial charge in [-0.25, -0.2) is 0 Å². The Morgan fingerprint density at radius 1 is 0.935 bits per heavy atom. The number of methoxy groups -OCH3 is 1. The molecule has 0 bridgehead atoms. The molecule has 0 atom stereocenters. The third kappa shape index (κ3) is 3.54. The lowest BCUT2D eigenvalue weighted by atomic mass is 10.1. The molecule has 0 spiro atoms. The highest BCUT2D eigenvalue weighted by Gasteiger charge is 2.15. The molecule has 1 N–H and O–H groups in total. The van der Waals surface area contributed by atoms with E-state index in [-0.39, 0.29) is 0 Å². The number of rotatable bonds is 7. The number of nitrogens with one attached hydrogen (secondary N) is 1. The van der Waals surface area contributed by atoms with E-state index < -0.39 is 0 Å². The quantitative estimate of drug-likeness (QED) is 0.367. The van der Waals surface area contributed by atoms with Crippen LogP contribution in [0.1, 0.15) is 12.8 Å². The second-order valence-electron chi connectivity index (χ2n) is 6.94. The largest absolute Gasteiger partial charge is 0.495 e. The van der Waals surface area contributed by atoms with Gasteiger partial charge in [0.2, 0.25) is 11.7 Å². The van der Waals surface area contributed by atoms with Crippen molar-refractivity contribution in [2.24, 2.45) is 0 Å². The normalized spacial score (nSPS) is 11.2. The van der Waals surface area contributed by atoms with Crippen molar-refractivity contribution in [1.82, 2.24) is 10.1 Å². The number of fused-ring (bicyclic) bond motifs is 3. The van der Waals surface area contributed by atoms with Gasteiger partial charge >= 0.3 is 0 Å². The van der Waals surface area contributed by atoms with Crippen LogP contribution in [0, 0.1) is 0 Å². The third-order valence-corrected chi connectivity index (χ3v) is 5.02. The van der Waals surface area contributed by atoms with Crippen molar-refractivity contribution in [2.45, 2.75) is 13.5 Å². The summed E-state index contributed by atoms with van der Waals surface area (Å²) in [5.74, 6) is 2.37. The van der Waals surface area contributed by atoms with Crippen LogP contribution in [0.2, 0.25) is 0 Å². The molecule has 156 valence electrons. The summed E-state index contributed by atoms with van der Waals surface area (Å²) in [5, 5.41) is 9.47. The van der Waals surface area contributed by atoms with E-state index in [1.165, 1.54) is 0 Å². The standard InChI is InChI=1S/C24H21N3O4/c1-3-29-19-10-6-5-9-16(19)24-26-23(31-27-24)14-25-18-13-21-17(12-22(18)28-2)15-8-4-7-11-20(15)30-21/h4-13,25H,3,14H2,1-2H3. The average molecular weight is 415 g/mol. The summed E-state index contributed by atoms with van der Waals surface area (Å²) in [6.07, 6.45) is 0. The minimum Gasteiger partial charge on any atom is -0.495 e. The highest BCUT2D eigenvalue weighted by Crippen LogP contribution is 2.36. The zero-order valence-corrected chi connectivity index (χ0v) is 17.2. The molecule has 5 rings (SSSR count). The van der Waals surface area contributed by atoms with Gasteiger partial charge in [-0.05, 0) is 31.2 Å². The first kappa shape index (κ1) is 19.0. The van der Waals surface area contributed by atoms with Gasteiger partial charge < -0.3 is 23.7 Å². The number of aromatic nitrogens is 2. The molecule has 0 aliphatic carbocycles. The predicted molar refractivity (Wildman–Crippen MR) is 119 cm³/mol. The van der Waals surface area contributed by atoms with Gasteiger partial charge in [-0.15, -0.1) is 0 Å². The number of ether oxygens (including phenoxy) is 2. The molecular weight excluding hydrogens is 394 g/mol. The van der Waals surface area contributed by atoms with Crippen molar-refractivity contribution in [3.63, 3.8) is 0 Å². The molecule has 0 aliphatic rings. The van der Waals surface area contributed by atoms with E-state index in [0.29, 0.717) is 30.6 Å². The maximum atomic E-state index is 5.98. The van der Waals surface area contributed by atoms with Crippen LogP contribution in [0.4, 0.5) is 5.69 Å². The number of benzene rings is 3. The minimum absolute atomic E-state index is 0.339. The van der Waals surface area contributed by atoms with E-state index in [0.717, 1.165) is 38.9 Å². The van der Waals surface area contributed by atoms with Crippen molar-refractivity contribution in [3.8, 4) is 22.9 Å². The zero-order chi connectivity index (χ0) is 21.2. The van der Waals surface area contributed by atoms with Crippen molar-refractivity contribution < 1.29 is 18.4 Å². The van der Waals surface area contributed by atoms with E-state index in [2.05, 4.69) is 15.5 Å². The van der Waals surface area contributed by atoms with E-state index in [1.807, 2.05) is 67.6 Å². The van der Waals surface area contributed by atoms with Crippen LogP contribution in [0.15, 0.2) is 69.6 Å². The molecule has 5 aromatic rings. The summed E-state index contributed by atoms with van der Waals surface area (Å²) in [7, 11) is 1.64. The van der Waals surface area contributed by atoms with Gasteiger partial charge in [-0.3, -0.25) is 0 Å². The zero-order valence-electron chi connectivity index (χ0n) is 17.2. The van der Waals surface area contributed by atoms with Crippen molar-refractivity contribution >= 4 is 27.6 Å². The maximum Gasteiger partial charge on any atom is 0.246 e. The Kier molecular flexibility index (Phi) is 4.92. The Labute approximate surface area is 178 Å². The van der Waals surface area contributed by atoms with Gasteiger partial charge in [0.05, 0.1) is 31.5 Å². The van der Waals surface area contributed by atoms with Crippen molar-refractivity contribution in [3.05, 3.63) is 66.6 Å². The highest BCUT2D eigenvalue weighted by molar-refractivity contribution is 6.06. The maximum absolute atomic E-state index is 5.98. The number of nitrogens with zero attached hydrogens (tertiary/aromatic N) is 2. The van der Waals surface area contributed by atoms with Crippen LogP contribution < -0.4 is 14.8 Å². The lowest BCUT2D eigenvalue weighted by Gasteiger charge is -2.09. The second-order valence-corrected chi connectivity index (χ2v) is 6.94. The van der Waals surface area contributed by atoms with Crippen molar-refractivity contribution in [2.75, 3.05) is 19.0 Å². The molecule has 3 aromatic carbocycles. The molecule has 7 heteroatoms. The Balaban J connectivity index is 1.41. The average Bonchev–Trinajstić information content (AvgIpc) is 3.42. The summed E-state index contributed by atoms with van der Waals surface area (Å²) < 4.78 is 22.7. The Morgan fingerprint density at radius 3 is 2.65 bits per heavy atom. The van der Waals surface area contributed by atoms with Crippen LogP contribution in [0.5, 0.6) is 11.5 Å². The van der Waals surface area contributed by atoms with E-state index >= 15 is 0 Å². The van der Waals surface area contributed by atoms with Gasteiger partial charge in [0.15, 0.2) is 0 Å². The second kappa shape index (κ2) is 8.02. The third-order valence-electron chi connectivity index (χ3n) is 5.02. The number of hydrogen-bond donors (Lipinski definition) is 1. The fourth-order valence-electron chi connectivity index (χ4n) is 3.60. The van der Waals surface area contributed by atoms with Crippen LogP contribution in [-0.2, 0) is 6.54 Å². The number of furan rings is 1. The molecule has 0 amide bonds. The molecule has 0 radical (unpaired) electrons. The molecule has 0 fully saturated rings. The van der Waals surface area contributed by atoms with Gasteiger partial charge in [-0.1, -0.05) is 35.5 Å². The number of hydrogen-bond acceptors (Lipinski definition) is 7. The first-order valence-electron chi connectivity index (χ1n) is 10.0. The Bertz CT molecular complexity index is 1360. The minimum atomic E-state index is 0.339. The fourth-order valence-corrected chi connectivity index (χ4v) is 3.60. The Hall–Kier alpha value is -4.00. The fraction of sp³-hybridized carbons (Fsp3) is 0.167. The smallest absolute Gasteiger partial charge is 0.246 e. The van der Waals surface area contributed by atoms with Crippen LogP contribution >= 0.6 is 0 Å². The first-order valence-corrected chi connectivity index (χ1v) is 10.0. The molecule has 0 saturated carbocycles. The predicted octanol–water partition coefficient (Wildman–Crippen LogP) is 5.66. The molecule has 2 aromatic heterocycles. The summed E-state index contributed by atoms with van der Waals surface area (Å²) >= 11 is 0. The van der Waals surface area contributed by atoms with E-state index in [4.69, 9.17) is 18.4 Å². The Morgan fingerprint density at radius 2 is 1.77 bits per heavy atom. The first-order chi connectivity index (χ1) is 15.3. The molecule has 7 nitrogen and oxygen atoms in total. The molecule has 0 unspecified atom stereocenters. The van der Waals surface area contributed by atoms with E-state index in [9.17, 15) is 0 Å². The van der Waals surface area contributed by atoms with Gasteiger partial charge in [0, 0.05) is 16.8 Å². The topological polar surface area (TPSA) is 82.6 Å². The number of para-hydroxylation sites is 2. The van der Waals surface area contributed by atoms with Crippen LogP contribution in [0.3, 0.4) is 0 Å². The molecule has 0 saturated heterocycles. The van der Waals surface area contributed by atoms with Crippen LogP contribution in [0.25, 0.3) is 33.3 Å². The van der Waals surface area contributed by atoms with Gasteiger partial charge in [-0.2, -0.15) is 4.98 Å². The molecular formula is C24H21N3O4. The van der Waals surface area contributed by atoms with Gasteiger partial charge in [0.1, 0.15) is 22.7 Å². The lowest BCUT2D eigenvalue weighted by molar-refractivity contribution is 0.341. The lowest BCUT2D eigenvalue weighted by Crippen LogP contribution is -2.02. The summed E-state index contributed by atoms with van der Waals surface area (Å²) in [6, 6.07) is 19.5. The summed E-state index contributed by atoms with van der Waals surface area (Å²) in [4.78, 5) is 4.51. The van der Waals surface area contributed by atoms with Crippen molar-refractivity contribution in [1.29, 1.82) is 0 Å². The molecule has 31 heavy (non-hydrogen) atoms. The van der Waals surface area contributed by atoms with Gasteiger partial charge in [0.25, 0.3) is 0 Å². The summed E-state index contributed by atoms with van der Waals surface area (Å²) in [6.45, 7) is 2.84. The summed E-state index contributed by atoms with van der Waals surface area (Å²) in [5.41, 5.74) is 3.19. The SMILES string of the molecule is CCOc1ccccc1-c1noc(CNc2cc3oc4ccccc4c3cc2OC)n1. The molecule has 2 heterocycles. The van der Waals surface area contributed by atoms with E-state index in [1.54, 1.807) is 7.11 Å². The number of anilines is 1. The monoisotopic (exact) mass is 415 g/mol. The highest BCUT2D eigenvalue weighted by atomic mass is 16.5.